The highest BCUT2D eigenvalue weighted by Gasteiger charge is 2.14. The summed E-state index contributed by atoms with van der Waals surface area (Å²) in [5, 5.41) is 12.7. The zero-order valence-electron chi connectivity index (χ0n) is 14.0. The number of ether oxygens (including phenoxy) is 1. The summed E-state index contributed by atoms with van der Waals surface area (Å²) in [4.78, 5) is 12.4. The SMILES string of the molecule is COc1c(Cl)cc(Cl)cc1/C=C(\C#N)C(=O)Nc1ccc(C)c(C)c1. The molecule has 128 valence electrons. The zero-order chi connectivity index (χ0) is 18.6. The van der Waals surface area contributed by atoms with Gasteiger partial charge in [0.1, 0.15) is 17.4 Å². The fraction of sp³-hybridized carbons (Fsp3) is 0.158. The number of nitriles is 1. The van der Waals surface area contributed by atoms with Gasteiger partial charge in [-0.3, -0.25) is 4.79 Å². The van der Waals surface area contributed by atoms with Crippen LogP contribution in [0.3, 0.4) is 0 Å². The lowest BCUT2D eigenvalue weighted by Gasteiger charge is -2.09. The van der Waals surface area contributed by atoms with Crippen LogP contribution in [0.5, 0.6) is 5.75 Å². The molecular formula is C19H16Cl2N2O2. The van der Waals surface area contributed by atoms with Crippen molar-refractivity contribution in [2.45, 2.75) is 13.8 Å². The Morgan fingerprint density at radius 2 is 1.92 bits per heavy atom. The summed E-state index contributed by atoms with van der Waals surface area (Å²) in [5.74, 6) is -0.179. The van der Waals surface area contributed by atoms with E-state index in [9.17, 15) is 10.1 Å². The van der Waals surface area contributed by atoms with Gasteiger partial charge in [0.2, 0.25) is 0 Å². The molecule has 2 aromatic rings. The molecule has 0 aliphatic carbocycles. The number of nitrogens with one attached hydrogen (secondary N) is 1. The average Bonchev–Trinajstić information content (AvgIpc) is 2.55. The predicted molar refractivity (Wildman–Crippen MR) is 101 cm³/mol. The monoisotopic (exact) mass is 374 g/mol. The van der Waals surface area contributed by atoms with E-state index in [0.717, 1.165) is 11.1 Å². The van der Waals surface area contributed by atoms with Crippen LogP contribution in [-0.4, -0.2) is 13.0 Å². The Bertz CT molecular complexity index is 899. The highest BCUT2D eigenvalue weighted by molar-refractivity contribution is 6.36. The van der Waals surface area contributed by atoms with Crippen LogP contribution in [-0.2, 0) is 4.79 Å². The Hall–Kier alpha value is -2.48. The Morgan fingerprint density at radius 3 is 2.52 bits per heavy atom. The van der Waals surface area contributed by atoms with Crippen LogP contribution in [0.4, 0.5) is 5.69 Å². The Labute approximate surface area is 156 Å². The first-order valence-electron chi connectivity index (χ1n) is 7.39. The van der Waals surface area contributed by atoms with Gasteiger partial charge in [-0.05, 0) is 55.3 Å². The third-order valence-electron chi connectivity index (χ3n) is 3.67. The van der Waals surface area contributed by atoms with Gasteiger partial charge < -0.3 is 10.1 Å². The number of rotatable bonds is 4. The van der Waals surface area contributed by atoms with Crippen LogP contribution in [0.1, 0.15) is 16.7 Å². The van der Waals surface area contributed by atoms with Gasteiger partial charge in [-0.15, -0.1) is 0 Å². The molecule has 0 saturated carbocycles. The van der Waals surface area contributed by atoms with Crippen molar-refractivity contribution >= 4 is 40.9 Å². The molecule has 2 aromatic carbocycles. The Morgan fingerprint density at radius 1 is 1.20 bits per heavy atom. The van der Waals surface area contributed by atoms with Gasteiger partial charge in [-0.25, -0.2) is 0 Å². The second-order valence-electron chi connectivity index (χ2n) is 5.43. The smallest absolute Gasteiger partial charge is 0.266 e. The molecule has 0 bridgehead atoms. The van der Waals surface area contributed by atoms with Crippen LogP contribution in [0.25, 0.3) is 6.08 Å². The standard InChI is InChI=1S/C19H16Cl2N2O2/c1-11-4-5-16(6-12(11)2)23-19(24)14(10-22)7-13-8-15(20)9-17(21)18(13)25-3/h4-9H,1-3H3,(H,23,24)/b14-7+. The van der Waals surface area contributed by atoms with Crippen molar-refractivity contribution in [3.05, 3.63) is 62.6 Å². The van der Waals surface area contributed by atoms with Crippen LogP contribution >= 0.6 is 23.2 Å². The quantitative estimate of drug-likeness (QED) is 0.593. The van der Waals surface area contributed by atoms with E-state index < -0.39 is 5.91 Å². The summed E-state index contributed by atoms with van der Waals surface area (Å²) < 4.78 is 5.23. The van der Waals surface area contributed by atoms with Gasteiger partial charge in [-0.2, -0.15) is 5.26 Å². The fourth-order valence-electron chi connectivity index (χ4n) is 2.22. The molecule has 0 aliphatic heterocycles. The average molecular weight is 375 g/mol. The van der Waals surface area contributed by atoms with Gasteiger partial charge in [0.15, 0.2) is 0 Å². The maximum Gasteiger partial charge on any atom is 0.266 e. The highest BCUT2D eigenvalue weighted by atomic mass is 35.5. The van der Waals surface area contributed by atoms with E-state index in [0.29, 0.717) is 27.0 Å². The Kier molecular flexibility index (Phi) is 6.08. The maximum atomic E-state index is 12.4. The topological polar surface area (TPSA) is 62.1 Å². The van der Waals surface area contributed by atoms with Crippen LogP contribution < -0.4 is 10.1 Å². The van der Waals surface area contributed by atoms with E-state index in [2.05, 4.69) is 5.32 Å². The molecule has 0 radical (unpaired) electrons. The summed E-state index contributed by atoms with van der Waals surface area (Å²) >= 11 is 12.1. The van der Waals surface area contributed by atoms with E-state index in [4.69, 9.17) is 27.9 Å². The number of carbonyl (C=O) groups is 1. The second kappa shape index (κ2) is 8.06. The lowest BCUT2D eigenvalue weighted by Crippen LogP contribution is -2.13. The summed E-state index contributed by atoms with van der Waals surface area (Å²) in [7, 11) is 1.45. The summed E-state index contributed by atoms with van der Waals surface area (Å²) in [6.45, 7) is 3.93. The van der Waals surface area contributed by atoms with Crippen molar-refractivity contribution in [3.63, 3.8) is 0 Å². The molecule has 25 heavy (non-hydrogen) atoms. The van der Waals surface area contributed by atoms with Crippen LogP contribution in [0.2, 0.25) is 10.0 Å². The second-order valence-corrected chi connectivity index (χ2v) is 6.28. The van der Waals surface area contributed by atoms with Gasteiger partial charge in [0, 0.05) is 16.3 Å². The number of hydrogen-bond acceptors (Lipinski definition) is 3. The minimum atomic E-state index is -0.524. The largest absolute Gasteiger partial charge is 0.495 e. The minimum absolute atomic E-state index is 0.0881. The lowest BCUT2D eigenvalue weighted by molar-refractivity contribution is -0.112. The molecule has 1 amide bonds. The van der Waals surface area contributed by atoms with E-state index in [1.165, 1.54) is 19.3 Å². The van der Waals surface area contributed by atoms with Crippen molar-refractivity contribution < 1.29 is 9.53 Å². The third kappa shape index (κ3) is 4.54. The number of benzene rings is 2. The molecule has 0 fully saturated rings. The number of amides is 1. The van der Waals surface area contributed by atoms with E-state index >= 15 is 0 Å². The predicted octanol–water partition coefficient (Wildman–Crippen LogP) is 5.16. The molecular weight excluding hydrogens is 359 g/mol. The normalized spacial score (nSPS) is 11.0. The highest BCUT2D eigenvalue weighted by Crippen LogP contribution is 2.33. The molecule has 6 heteroatoms. The van der Waals surface area contributed by atoms with Gasteiger partial charge in [0.25, 0.3) is 5.91 Å². The number of halogens is 2. The number of anilines is 1. The number of nitrogens with zero attached hydrogens (tertiary/aromatic N) is 1. The molecule has 0 aliphatic rings. The summed E-state index contributed by atoms with van der Waals surface area (Å²) in [6.07, 6.45) is 1.40. The number of aryl methyl sites for hydroxylation is 2. The summed E-state index contributed by atoms with van der Waals surface area (Å²) in [5.41, 5.74) is 3.14. The third-order valence-corrected chi connectivity index (χ3v) is 4.17. The lowest BCUT2D eigenvalue weighted by atomic mass is 10.1. The van der Waals surface area contributed by atoms with Crippen molar-refractivity contribution in [3.8, 4) is 11.8 Å². The zero-order valence-corrected chi connectivity index (χ0v) is 15.5. The molecule has 0 unspecified atom stereocenters. The molecule has 0 saturated heterocycles. The molecule has 0 heterocycles. The number of methoxy groups -OCH3 is 1. The molecule has 2 rings (SSSR count). The fourth-order valence-corrected chi connectivity index (χ4v) is 2.81. The molecule has 1 N–H and O–H groups in total. The van der Waals surface area contributed by atoms with Crippen molar-refractivity contribution in [1.29, 1.82) is 5.26 Å². The molecule has 0 aromatic heterocycles. The number of hydrogen-bond donors (Lipinski definition) is 1. The summed E-state index contributed by atoms with van der Waals surface area (Å²) in [6, 6.07) is 10.5. The first-order valence-corrected chi connectivity index (χ1v) is 8.14. The molecule has 4 nitrogen and oxygen atoms in total. The number of carbonyl (C=O) groups excluding carboxylic acids is 1. The van der Waals surface area contributed by atoms with E-state index in [1.54, 1.807) is 12.1 Å². The van der Waals surface area contributed by atoms with Crippen LogP contribution in [0.15, 0.2) is 35.9 Å². The van der Waals surface area contributed by atoms with E-state index in [1.807, 2.05) is 32.0 Å². The first-order chi connectivity index (χ1) is 11.8. The van der Waals surface area contributed by atoms with E-state index in [-0.39, 0.29) is 5.57 Å². The van der Waals surface area contributed by atoms with Crippen LogP contribution in [0, 0.1) is 25.2 Å². The van der Waals surface area contributed by atoms with Gasteiger partial charge >= 0.3 is 0 Å². The van der Waals surface area contributed by atoms with Crippen molar-refractivity contribution in [2.75, 3.05) is 12.4 Å². The maximum absolute atomic E-state index is 12.4. The van der Waals surface area contributed by atoms with Crippen molar-refractivity contribution in [2.24, 2.45) is 0 Å². The molecule has 0 atom stereocenters. The van der Waals surface area contributed by atoms with Gasteiger partial charge in [-0.1, -0.05) is 29.3 Å². The van der Waals surface area contributed by atoms with Crippen molar-refractivity contribution in [1.82, 2.24) is 0 Å². The van der Waals surface area contributed by atoms with Gasteiger partial charge in [0.05, 0.1) is 12.1 Å². The Balaban J connectivity index is 2.36. The first kappa shape index (κ1) is 18.9. The minimum Gasteiger partial charge on any atom is -0.495 e. The molecule has 0 spiro atoms.